The molecule has 9 heteroatoms. The van der Waals surface area contributed by atoms with Gasteiger partial charge in [-0.2, -0.15) is 0 Å². The number of carbonyl (C=O) groups excluding carboxylic acids is 2. The number of benzene rings is 2. The molecule has 1 unspecified atom stereocenters. The largest absolute Gasteiger partial charge is 0.495 e. The highest BCUT2D eigenvalue weighted by Crippen LogP contribution is 2.29. The van der Waals surface area contributed by atoms with Crippen molar-refractivity contribution in [3.63, 3.8) is 0 Å². The molecule has 31 heavy (non-hydrogen) atoms. The molecule has 0 saturated carbocycles. The fraction of sp³-hybridized carbons (Fsp3) is 0.364. The maximum atomic E-state index is 13.3. The summed E-state index contributed by atoms with van der Waals surface area (Å²) in [5.74, 6) is -0.483. The van der Waals surface area contributed by atoms with E-state index in [0.717, 1.165) is 16.1 Å². The summed E-state index contributed by atoms with van der Waals surface area (Å²) in [6.07, 6.45) is 1.56. The van der Waals surface area contributed by atoms with E-state index in [0.29, 0.717) is 12.2 Å². The molecular weight excluding hydrogens is 418 g/mol. The molecular formula is C22H29N3O5S. The van der Waals surface area contributed by atoms with Gasteiger partial charge in [0.1, 0.15) is 18.3 Å². The van der Waals surface area contributed by atoms with Gasteiger partial charge in [-0.1, -0.05) is 42.5 Å². The Morgan fingerprint density at radius 1 is 1.06 bits per heavy atom. The van der Waals surface area contributed by atoms with Gasteiger partial charge in [0.2, 0.25) is 21.8 Å². The number of nitrogens with zero attached hydrogens (tertiary/aromatic N) is 2. The van der Waals surface area contributed by atoms with Crippen molar-refractivity contribution in [3.8, 4) is 5.75 Å². The number of anilines is 1. The summed E-state index contributed by atoms with van der Waals surface area (Å²) in [6, 6.07) is 15.4. The molecule has 2 amide bonds. The molecule has 0 saturated heterocycles. The highest BCUT2D eigenvalue weighted by molar-refractivity contribution is 7.92. The van der Waals surface area contributed by atoms with Crippen LogP contribution in [0.5, 0.6) is 5.75 Å². The van der Waals surface area contributed by atoms with Crippen LogP contribution in [0.4, 0.5) is 5.69 Å². The number of carbonyl (C=O) groups is 2. The first-order valence-electron chi connectivity index (χ1n) is 9.84. The number of amides is 2. The van der Waals surface area contributed by atoms with Crippen molar-refractivity contribution < 1.29 is 22.7 Å². The molecule has 2 aromatic carbocycles. The minimum atomic E-state index is -3.79. The van der Waals surface area contributed by atoms with Crippen LogP contribution in [0.2, 0.25) is 0 Å². The number of rotatable bonds is 10. The third-order valence-corrected chi connectivity index (χ3v) is 6.06. The summed E-state index contributed by atoms with van der Waals surface area (Å²) in [5, 5.41) is 2.55. The molecule has 0 aliphatic carbocycles. The van der Waals surface area contributed by atoms with Gasteiger partial charge in [0.25, 0.3) is 0 Å². The van der Waals surface area contributed by atoms with Crippen LogP contribution in [0, 0.1) is 0 Å². The molecule has 0 spiro atoms. The Morgan fingerprint density at radius 3 is 2.26 bits per heavy atom. The first-order valence-corrected chi connectivity index (χ1v) is 11.7. The lowest BCUT2D eigenvalue weighted by molar-refractivity contribution is -0.138. The van der Waals surface area contributed by atoms with Crippen LogP contribution in [0.25, 0.3) is 0 Å². The van der Waals surface area contributed by atoms with Gasteiger partial charge in [-0.05, 0) is 31.0 Å². The number of methoxy groups -OCH3 is 1. The zero-order valence-corrected chi connectivity index (χ0v) is 19.1. The Morgan fingerprint density at radius 2 is 1.68 bits per heavy atom. The van der Waals surface area contributed by atoms with Crippen LogP contribution < -0.4 is 14.4 Å². The minimum Gasteiger partial charge on any atom is -0.495 e. The summed E-state index contributed by atoms with van der Waals surface area (Å²) < 4.78 is 31.3. The predicted octanol–water partition coefficient (Wildman–Crippen LogP) is 1.67. The van der Waals surface area contributed by atoms with Crippen LogP contribution in [-0.4, -0.2) is 64.7 Å². The lowest BCUT2D eigenvalue weighted by atomic mass is 10.1. The Hall–Kier alpha value is -3.07. The van der Waals surface area contributed by atoms with Gasteiger partial charge in [-0.3, -0.25) is 13.9 Å². The summed E-state index contributed by atoms with van der Waals surface area (Å²) in [4.78, 5) is 26.9. The van der Waals surface area contributed by atoms with E-state index < -0.39 is 28.5 Å². The quantitative estimate of drug-likeness (QED) is 0.598. The van der Waals surface area contributed by atoms with Gasteiger partial charge in [0.15, 0.2) is 0 Å². The lowest BCUT2D eigenvalue weighted by Gasteiger charge is -2.31. The maximum Gasteiger partial charge on any atom is 0.244 e. The molecule has 2 rings (SSSR count). The van der Waals surface area contributed by atoms with Crippen molar-refractivity contribution in [1.82, 2.24) is 10.2 Å². The van der Waals surface area contributed by atoms with E-state index in [9.17, 15) is 18.0 Å². The summed E-state index contributed by atoms with van der Waals surface area (Å²) in [7, 11) is -0.865. The summed E-state index contributed by atoms with van der Waals surface area (Å²) in [6.45, 7) is 1.44. The third-order valence-electron chi connectivity index (χ3n) is 4.93. The molecule has 0 aromatic heterocycles. The first kappa shape index (κ1) is 24.2. The number of hydrogen-bond acceptors (Lipinski definition) is 5. The SMILES string of the molecule is CNC(=O)C(C)N(CCc1ccccc1)C(=O)CN(c1ccccc1OC)S(C)(=O)=O. The molecule has 1 atom stereocenters. The van der Waals surface area contributed by atoms with E-state index in [1.807, 2.05) is 30.3 Å². The lowest BCUT2D eigenvalue weighted by Crippen LogP contribution is -2.51. The second-order valence-corrected chi connectivity index (χ2v) is 8.96. The molecule has 0 bridgehead atoms. The van der Waals surface area contributed by atoms with Crippen molar-refractivity contribution in [2.75, 3.05) is 37.8 Å². The van der Waals surface area contributed by atoms with Gasteiger partial charge in [-0.25, -0.2) is 8.42 Å². The second-order valence-electron chi connectivity index (χ2n) is 7.05. The first-order chi connectivity index (χ1) is 14.7. The zero-order valence-electron chi connectivity index (χ0n) is 18.2. The molecule has 1 N–H and O–H groups in total. The molecule has 0 aliphatic heterocycles. The average molecular weight is 448 g/mol. The third kappa shape index (κ3) is 6.45. The standard InChI is InChI=1S/C22H29N3O5S/c1-17(22(27)23-2)24(15-14-18-10-6-5-7-11-18)21(26)16-25(31(4,28)29)19-12-8-9-13-20(19)30-3/h5-13,17H,14-16H2,1-4H3,(H,23,27). The van der Waals surface area contributed by atoms with E-state index in [2.05, 4.69) is 5.32 Å². The monoisotopic (exact) mass is 447 g/mol. The zero-order chi connectivity index (χ0) is 23.0. The Balaban J connectivity index is 2.33. The topological polar surface area (TPSA) is 96.0 Å². The number of sulfonamides is 1. The van der Waals surface area contributed by atoms with E-state index in [4.69, 9.17) is 4.74 Å². The van der Waals surface area contributed by atoms with Crippen LogP contribution in [-0.2, 0) is 26.0 Å². The normalized spacial score (nSPS) is 12.0. The molecule has 2 aromatic rings. The molecule has 0 fully saturated rings. The van der Waals surface area contributed by atoms with Crippen molar-refractivity contribution in [1.29, 1.82) is 0 Å². The van der Waals surface area contributed by atoms with Crippen LogP contribution in [0.3, 0.4) is 0 Å². The van der Waals surface area contributed by atoms with Gasteiger partial charge >= 0.3 is 0 Å². The van der Waals surface area contributed by atoms with Gasteiger partial charge < -0.3 is 15.0 Å². The fourth-order valence-corrected chi connectivity index (χ4v) is 4.06. The van der Waals surface area contributed by atoms with E-state index >= 15 is 0 Å². The average Bonchev–Trinajstić information content (AvgIpc) is 2.76. The van der Waals surface area contributed by atoms with E-state index in [1.165, 1.54) is 19.1 Å². The smallest absolute Gasteiger partial charge is 0.244 e. The maximum absolute atomic E-state index is 13.3. The van der Waals surface area contributed by atoms with E-state index in [1.54, 1.807) is 31.2 Å². The minimum absolute atomic E-state index is 0.261. The fourth-order valence-electron chi connectivity index (χ4n) is 3.21. The van der Waals surface area contributed by atoms with Crippen LogP contribution >= 0.6 is 0 Å². The van der Waals surface area contributed by atoms with Gasteiger partial charge in [0, 0.05) is 13.6 Å². The predicted molar refractivity (Wildman–Crippen MR) is 121 cm³/mol. The number of likely N-dealkylation sites (N-methyl/N-ethyl adjacent to an activating group) is 1. The Kier molecular flexibility index (Phi) is 8.44. The Bertz CT molecular complexity index is 995. The van der Waals surface area contributed by atoms with Crippen LogP contribution in [0.15, 0.2) is 54.6 Å². The van der Waals surface area contributed by atoms with Gasteiger partial charge in [-0.15, -0.1) is 0 Å². The molecule has 0 radical (unpaired) electrons. The number of ether oxygens (including phenoxy) is 1. The van der Waals surface area contributed by atoms with Gasteiger partial charge in [0.05, 0.1) is 19.1 Å². The van der Waals surface area contributed by atoms with E-state index in [-0.39, 0.29) is 18.1 Å². The highest BCUT2D eigenvalue weighted by atomic mass is 32.2. The Labute approximate surface area is 183 Å². The number of hydrogen-bond donors (Lipinski definition) is 1. The molecule has 168 valence electrons. The van der Waals surface area contributed by atoms with Crippen molar-refractivity contribution in [3.05, 3.63) is 60.2 Å². The van der Waals surface area contributed by atoms with Crippen molar-refractivity contribution in [2.45, 2.75) is 19.4 Å². The van der Waals surface area contributed by atoms with Crippen molar-refractivity contribution in [2.24, 2.45) is 0 Å². The summed E-state index contributed by atoms with van der Waals surface area (Å²) in [5.41, 5.74) is 1.27. The molecule has 0 aliphatic rings. The number of nitrogens with one attached hydrogen (secondary N) is 1. The second kappa shape index (κ2) is 10.8. The van der Waals surface area contributed by atoms with Crippen LogP contribution in [0.1, 0.15) is 12.5 Å². The summed E-state index contributed by atoms with van der Waals surface area (Å²) >= 11 is 0. The number of para-hydroxylation sites is 2. The highest BCUT2D eigenvalue weighted by Gasteiger charge is 2.30. The molecule has 8 nitrogen and oxygen atoms in total. The van der Waals surface area contributed by atoms with Crippen molar-refractivity contribution >= 4 is 27.5 Å². The molecule has 0 heterocycles.